The molecule has 3 heterocycles. The van der Waals surface area contributed by atoms with Gasteiger partial charge in [0.15, 0.2) is 5.82 Å². The van der Waals surface area contributed by atoms with Gasteiger partial charge in [0.05, 0.1) is 30.0 Å². The van der Waals surface area contributed by atoms with Gasteiger partial charge in [-0.05, 0) is 31.9 Å². The number of carbonyl (C=O) groups is 1. The molecule has 8 heteroatoms. The molecular weight excluding hydrogens is 402 g/mol. The molecule has 2 aromatic heterocycles. The molecule has 30 heavy (non-hydrogen) atoms. The molecule has 0 radical (unpaired) electrons. The molecule has 3 aromatic rings. The van der Waals surface area contributed by atoms with Crippen molar-refractivity contribution in [3.63, 3.8) is 0 Å². The minimum absolute atomic E-state index is 0.0958. The number of ether oxygens (including phenoxy) is 3. The Hall–Kier alpha value is -2.71. The van der Waals surface area contributed by atoms with E-state index >= 15 is 0 Å². The van der Waals surface area contributed by atoms with Crippen molar-refractivity contribution < 1.29 is 19.0 Å². The average molecular weight is 428 g/mol. The molecule has 1 amide bonds. The van der Waals surface area contributed by atoms with E-state index in [0.717, 1.165) is 44.6 Å². The Morgan fingerprint density at radius 3 is 2.80 bits per heavy atom. The first-order valence-corrected chi connectivity index (χ1v) is 10.6. The van der Waals surface area contributed by atoms with Crippen LogP contribution in [-0.2, 0) is 11.3 Å². The second-order valence-electron chi connectivity index (χ2n) is 7.48. The Balaban J connectivity index is 1.69. The smallest absolute Gasteiger partial charge is 0.262 e. The van der Waals surface area contributed by atoms with Crippen LogP contribution in [0.1, 0.15) is 50.2 Å². The molecule has 0 spiro atoms. The number of carbonyl (C=O) groups excluding carboxylic acids is 1. The number of nitrogens with one attached hydrogen (secondary N) is 1. The monoisotopic (exact) mass is 427 g/mol. The summed E-state index contributed by atoms with van der Waals surface area (Å²) in [5.41, 5.74) is 4.10. The summed E-state index contributed by atoms with van der Waals surface area (Å²) in [4.78, 5) is 23.5. The van der Waals surface area contributed by atoms with Gasteiger partial charge in [0.2, 0.25) is 5.88 Å². The van der Waals surface area contributed by atoms with Gasteiger partial charge in [-0.2, -0.15) is 4.98 Å². The minimum atomic E-state index is -0.122. The van der Waals surface area contributed by atoms with Gasteiger partial charge in [0.25, 0.3) is 5.91 Å². The normalized spacial score (nSPS) is 15.6. The lowest BCUT2D eigenvalue weighted by molar-refractivity contribution is 0.0928. The molecule has 1 atom stereocenters. The van der Waals surface area contributed by atoms with Crippen LogP contribution in [0.4, 0.5) is 0 Å². The zero-order chi connectivity index (χ0) is 21.4. The summed E-state index contributed by atoms with van der Waals surface area (Å²) in [6, 6.07) is 4.10. The zero-order valence-corrected chi connectivity index (χ0v) is 18.6. The van der Waals surface area contributed by atoms with Crippen molar-refractivity contribution >= 4 is 27.5 Å². The van der Waals surface area contributed by atoms with E-state index in [1.807, 2.05) is 13.8 Å². The summed E-state index contributed by atoms with van der Waals surface area (Å²) in [5.74, 6) is 1.74. The zero-order valence-electron chi connectivity index (χ0n) is 17.8. The first kappa shape index (κ1) is 20.6. The van der Waals surface area contributed by atoms with Crippen LogP contribution in [0.25, 0.3) is 10.2 Å². The molecule has 1 unspecified atom stereocenters. The SMILES string of the molecule is COCc1nc(OC)c2c(C)c(C(=O)NC3CCOc4c(C)cc(C)cc43)sc2n1. The minimum Gasteiger partial charge on any atom is -0.493 e. The highest BCUT2D eigenvalue weighted by atomic mass is 32.1. The van der Waals surface area contributed by atoms with Crippen LogP contribution in [0.3, 0.4) is 0 Å². The fraction of sp³-hybridized carbons (Fsp3) is 0.409. The van der Waals surface area contributed by atoms with Gasteiger partial charge in [0.1, 0.15) is 17.2 Å². The van der Waals surface area contributed by atoms with Crippen LogP contribution in [0.2, 0.25) is 0 Å². The number of thiophene rings is 1. The average Bonchev–Trinajstić information content (AvgIpc) is 3.05. The highest BCUT2D eigenvalue weighted by Gasteiger charge is 2.27. The third kappa shape index (κ3) is 3.61. The fourth-order valence-corrected chi connectivity index (χ4v) is 5.05. The van der Waals surface area contributed by atoms with Gasteiger partial charge in [-0.3, -0.25) is 4.79 Å². The van der Waals surface area contributed by atoms with E-state index in [9.17, 15) is 4.79 Å². The number of hydrogen-bond donors (Lipinski definition) is 1. The fourth-order valence-electron chi connectivity index (χ4n) is 3.95. The van der Waals surface area contributed by atoms with Crippen molar-refractivity contribution in [2.24, 2.45) is 0 Å². The molecule has 0 aliphatic carbocycles. The third-order valence-corrected chi connectivity index (χ3v) is 6.44. The molecule has 1 N–H and O–H groups in total. The van der Waals surface area contributed by atoms with E-state index in [1.54, 1.807) is 14.2 Å². The lowest BCUT2D eigenvalue weighted by Crippen LogP contribution is -2.32. The van der Waals surface area contributed by atoms with E-state index < -0.39 is 0 Å². The van der Waals surface area contributed by atoms with Crippen LogP contribution < -0.4 is 14.8 Å². The van der Waals surface area contributed by atoms with Crippen molar-refractivity contribution in [3.05, 3.63) is 45.1 Å². The third-order valence-electron chi connectivity index (χ3n) is 5.26. The van der Waals surface area contributed by atoms with Crippen LogP contribution >= 0.6 is 11.3 Å². The Bertz CT molecular complexity index is 1130. The Labute approximate surface area is 179 Å². The van der Waals surface area contributed by atoms with Crippen LogP contribution in [0.5, 0.6) is 11.6 Å². The van der Waals surface area contributed by atoms with E-state index in [-0.39, 0.29) is 18.6 Å². The first-order valence-electron chi connectivity index (χ1n) is 9.80. The molecule has 1 aromatic carbocycles. The lowest BCUT2D eigenvalue weighted by Gasteiger charge is -2.28. The van der Waals surface area contributed by atoms with Crippen LogP contribution in [0, 0.1) is 20.8 Å². The van der Waals surface area contributed by atoms with Gasteiger partial charge in [-0.15, -0.1) is 11.3 Å². The van der Waals surface area contributed by atoms with E-state index in [0.29, 0.717) is 23.2 Å². The second kappa shape index (κ2) is 8.20. The molecule has 0 saturated heterocycles. The standard InChI is InChI=1S/C22H25N3O4S/c1-11-8-12(2)18-14(9-11)15(6-7-29-18)23-20(26)19-13(3)17-21(28-5)24-16(10-27-4)25-22(17)30-19/h8-9,15H,6-7,10H2,1-5H3,(H,23,26). The maximum Gasteiger partial charge on any atom is 0.262 e. The number of benzene rings is 1. The Morgan fingerprint density at radius 1 is 1.27 bits per heavy atom. The number of aryl methyl sites for hydroxylation is 3. The highest BCUT2D eigenvalue weighted by Crippen LogP contribution is 2.38. The van der Waals surface area contributed by atoms with Gasteiger partial charge in [-0.25, -0.2) is 4.98 Å². The number of aromatic nitrogens is 2. The number of fused-ring (bicyclic) bond motifs is 2. The summed E-state index contributed by atoms with van der Waals surface area (Å²) in [6.07, 6.45) is 0.729. The first-order chi connectivity index (χ1) is 14.4. The molecular formula is C22H25N3O4S. The van der Waals surface area contributed by atoms with Gasteiger partial charge in [-0.1, -0.05) is 17.7 Å². The molecule has 0 fully saturated rings. The summed E-state index contributed by atoms with van der Waals surface area (Å²) >= 11 is 1.35. The van der Waals surface area contributed by atoms with Crippen molar-refractivity contribution in [1.82, 2.24) is 15.3 Å². The predicted octanol–water partition coefficient (Wildman–Crippen LogP) is 4.03. The molecule has 4 rings (SSSR count). The number of hydrogen-bond acceptors (Lipinski definition) is 7. The van der Waals surface area contributed by atoms with Gasteiger partial charge >= 0.3 is 0 Å². The number of methoxy groups -OCH3 is 2. The lowest BCUT2D eigenvalue weighted by atomic mass is 9.95. The molecule has 158 valence electrons. The van der Waals surface area contributed by atoms with Crippen molar-refractivity contribution in [3.8, 4) is 11.6 Å². The van der Waals surface area contributed by atoms with Crippen molar-refractivity contribution in [2.45, 2.75) is 39.8 Å². The van der Waals surface area contributed by atoms with E-state index in [1.165, 1.54) is 11.3 Å². The Morgan fingerprint density at radius 2 is 2.07 bits per heavy atom. The highest BCUT2D eigenvalue weighted by molar-refractivity contribution is 7.20. The molecule has 7 nitrogen and oxygen atoms in total. The Kier molecular flexibility index (Phi) is 5.62. The molecule has 1 aliphatic heterocycles. The quantitative estimate of drug-likeness (QED) is 0.662. The largest absolute Gasteiger partial charge is 0.493 e. The summed E-state index contributed by atoms with van der Waals surface area (Å²) in [5, 5.41) is 3.97. The predicted molar refractivity (Wildman–Crippen MR) is 116 cm³/mol. The van der Waals surface area contributed by atoms with E-state index in [4.69, 9.17) is 14.2 Å². The topological polar surface area (TPSA) is 82.6 Å². The number of amides is 1. The summed E-state index contributed by atoms with van der Waals surface area (Å²) in [7, 11) is 3.16. The van der Waals surface area contributed by atoms with Gasteiger partial charge in [0, 0.05) is 19.1 Å². The molecule has 1 aliphatic rings. The maximum absolute atomic E-state index is 13.2. The summed E-state index contributed by atoms with van der Waals surface area (Å²) in [6.45, 7) is 6.85. The maximum atomic E-state index is 13.2. The number of rotatable bonds is 5. The number of nitrogens with zero attached hydrogens (tertiary/aromatic N) is 2. The van der Waals surface area contributed by atoms with Crippen molar-refractivity contribution in [1.29, 1.82) is 0 Å². The summed E-state index contributed by atoms with van der Waals surface area (Å²) < 4.78 is 16.5. The molecule has 0 bridgehead atoms. The second-order valence-corrected chi connectivity index (χ2v) is 8.48. The van der Waals surface area contributed by atoms with Crippen LogP contribution in [-0.4, -0.2) is 36.7 Å². The van der Waals surface area contributed by atoms with Crippen LogP contribution in [0.15, 0.2) is 12.1 Å². The molecule has 0 saturated carbocycles. The van der Waals surface area contributed by atoms with Crippen molar-refractivity contribution in [2.75, 3.05) is 20.8 Å². The van der Waals surface area contributed by atoms with Gasteiger partial charge < -0.3 is 19.5 Å². The van der Waals surface area contributed by atoms with E-state index in [2.05, 4.69) is 34.3 Å².